The second-order valence-corrected chi connectivity index (χ2v) is 9.94. The lowest BCUT2D eigenvalue weighted by atomic mass is 10.0. The van der Waals surface area contributed by atoms with Crippen LogP contribution in [-0.4, -0.2) is 31.8 Å². The number of nitrogens with zero attached hydrogens (tertiary/aromatic N) is 3. The van der Waals surface area contributed by atoms with E-state index < -0.39 is 0 Å². The predicted molar refractivity (Wildman–Crippen MR) is 135 cm³/mol. The molecule has 9 heteroatoms. The summed E-state index contributed by atoms with van der Waals surface area (Å²) >= 11 is 15.5. The van der Waals surface area contributed by atoms with Gasteiger partial charge in [0.2, 0.25) is 5.95 Å². The van der Waals surface area contributed by atoms with E-state index >= 15 is 0 Å². The lowest BCUT2D eigenvalue weighted by Gasteiger charge is -2.21. The third kappa shape index (κ3) is 4.76. The van der Waals surface area contributed by atoms with Crippen LogP contribution in [0.15, 0.2) is 51.7 Å². The van der Waals surface area contributed by atoms with E-state index in [4.69, 9.17) is 28.2 Å². The topological polar surface area (TPSA) is 67.0 Å². The molecule has 4 rings (SSSR count). The van der Waals surface area contributed by atoms with Crippen molar-refractivity contribution in [3.63, 3.8) is 0 Å². The maximum Gasteiger partial charge on any atom is 0.419 e. The Morgan fingerprint density at radius 2 is 1.85 bits per heavy atom. The van der Waals surface area contributed by atoms with Gasteiger partial charge in [-0.15, -0.1) is 0 Å². The molecule has 0 unspecified atom stereocenters. The van der Waals surface area contributed by atoms with E-state index in [0.29, 0.717) is 44.9 Å². The van der Waals surface area contributed by atoms with Gasteiger partial charge in [-0.1, -0.05) is 39.1 Å². The van der Waals surface area contributed by atoms with E-state index in [2.05, 4.69) is 21.2 Å². The summed E-state index contributed by atoms with van der Waals surface area (Å²) in [6, 6.07) is 12.4. The van der Waals surface area contributed by atoms with Crippen molar-refractivity contribution in [1.82, 2.24) is 9.55 Å². The van der Waals surface area contributed by atoms with Gasteiger partial charge in [0.1, 0.15) is 5.69 Å². The highest BCUT2D eigenvalue weighted by Gasteiger charge is 2.33. The molecule has 0 saturated heterocycles. The summed E-state index contributed by atoms with van der Waals surface area (Å²) in [6.07, 6.45) is 0.326. The molecular formula is C24H22BrCl2N4O2+. The first-order valence-corrected chi connectivity index (χ1v) is 12.0. The van der Waals surface area contributed by atoms with Crippen molar-refractivity contribution in [2.75, 3.05) is 5.32 Å². The molecule has 1 N–H and O–H groups in total. The molecule has 2 aromatic carbocycles. The molecule has 3 aromatic rings. The van der Waals surface area contributed by atoms with Crippen molar-refractivity contribution < 1.29 is 9.37 Å². The summed E-state index contributed by atoms with van der Waals surface area (Å²) in [5.74, 6) is 0.228. The van der Waals surface area contributed by atoms with E-state index in [0.717, 1.165) is 10.2 Å². The van der Waals surface area contributed by atoms with Crippen molar-refractivity contribution in [1.29, 1.82) is 0 Å². The molecule has 1 amide bonds. The molecule has 1 aliphatic rings. The number of amides is 1. The Kier molecular flexibility index (Phi) is 6.75. The first kappa shape index (κ1) is 23.7. The summed E-state index contributed by atoms with van der Waals surface area (Å²) in [5, 5.41) is 3.98. The van der Waals surface area contributed by atoms with Crippen molar-refractivity contribution in [2.45, 2.75) is 39.8 Å². The molecule has 0 spiro atoms. The Balaban J connectivity index is 1.80. The van der Waals surface area contributed by atoms with E-state index in [1.165, 1.54) is 0 Å². The number of rotatable bonds is 4. The Morgan fingerprint density at radius 3 is 2.48 bits per heavy atom. The summed E-state index contributed by atoms with van der Waals surface area (Å²) in [4.78, 5) is 31.6. The molecule has 6 nitrogen and oxygen atoms in total. The fraction of sp³-hybridized carbons (Fsp3) is 0.250. The Hall–Kier alpha value is -2.48. The Morgan fingerprint density at radius 1 is 1.15 bits per heavy atom. The highest BCUT2D eigenvalue weighted by atomic mass is 79.9. The number of carbonyl (C=O) groups is 1. The van der Waals surface area contributed by atoms with Gasteiger partial charge in [-0.25, -0.2) is 14.3 Å². The monoisotopic (exact) mass is 547 g/mol. The van der Waals surface area contributed by atoms with Gasteiger partial charge in [0.05, 0.1) is 33.3 Å². The second-order valence-electron chi connectivity index (χ2n) is 8.21. The first-order valence-electron chi connectivity index (χ1n) is 10.4. The van der Waals surface area contributed by atoms with Crippen LogP contribution in [0.2, 0.25) is 10.0 Å². The van der Waals surface area contributed by atoms with Crippen LogP contribution in [0.1, 0.15) is 42.4 Å². The molecule has 1 aliphatic heterocycles. The molecule has 0 fully saturated rings. The van der Waals surface area contributed by atoms with E-state index in [1.807, 2.05) is 45.0 Å². The molecule has 0 atom stereocenters. The van der Waals surface area contributed by atoms with Crippen molar-refractivity contribution >= 4 is 56.7 Å². The molecule has 170 valence electrons. The normalized spacial score (nSPS) is 13.3. The minimum atomic E-state index is -0.214. The van der Waals surface area contributed by atoms with Crippen LogP contribution in [0.4, 0.5) is 5.95 Å². The van der Waals surface area contributed by atoms with Gasteiger partial charge in [0, 0.05) is 17.4 Å². The average molecular weight is 549 g/mol. The van der Waals surface area contributed by atoms with E-state index in [9.17, 15) is 9.59 Å². The van der Waals surface area contributed by atoms with Crippen molar-refractivity contribution in [3.05, 3.63) is 84.2 Å². The zero-order chi connectivity index (χ0) is 23.9. The summed E-state index contributed by atoms with van der Waals surface area (Å²) in [6.45, 7) is 6.01. The van der Waals surface area contributed by atoms with Gasteiger partial charge in [-0.05, 0) is 56.3 Å². The van der Waals surface area contributed by atoms with Crippen LogP contribution < -0.4 is 10.9 Å². The third-order valence-corrected chi connectivity index (χ3v) is 6.65. The molecule has 0 saturated carbocycles. The molecule has 1 aromatic heterocycles. The van der Waals surface area contributed by atoms with Crippen LogP contribution in [-0.2, 0) is 13.0 Å². The zero-order valence-corrected chi connectivity index (χ0v) is 21.4. The number of hydrogen-bond donors (Lipinski definition) is 1. The highest BCUT2D eigenvalue weighted by Crippen LogP contribution is 2.25. The summed E-state index contributed by atoms with van der Waals surface area (Å²) < 4.78 is 4.15. The number of benzene rings is 2. The highest BCUT2D eigenvalue weighted by molar-refractivity contribution is 9.10. The van der Waals surface area contributed by atoms with Gasteiger partial charge >= 0.3 is 5.91 Å². The van der Waals surface area contributed by atoms with Crippen molar-refractivity contribution in [2.24, 2.45) is 0 Å². The van der Waals surface area contributed by atoms with Crippen LogP contribution in [0, 0.1) is 0 Å². The minimum Gasteiger partial charge on any atom is -0.353 e. The zero-order valence-electron chi connectivity index (χ0n) is 18.3. The van der Waals surface area contributed by atoms with Gasteiger partial charge in [0.15, 0.2) is 12.3 Å². The maximum absolute atomic E-state index is 13.6. The SMILES string of the molecule is CC1=[N+](C(=O)c2ccc(Cl)c(Cl)c2)Cc2nc(NC(C)C)n(-c3ccc(Br)cc3)c(=O)c2C1. The Bertz CT molecular complexity index is 1350. The molecule has 2 heterocycles. The van der Waals surface area contributed by atoms with Crippen LogP contribution in [0.25, 0.3) is 5.69 Å². The molecule has 33 heavy (non-hydrogen) atoms. The van der Waals surface area contributed by atoms with Gasteiger partial charge in [-0.3, -0.25) is 4.79 Å². The van der Waals surface area contributed by atoms with Gasteiger partial charge < -0.3 is 5.32 Å². The number of fused-ring (bicyclic) bond motifs is 1. The van der Waals surface area contributed by atoms with Crippen LogP contribution in [0.5, 0.6) is 0 Å². The number of halogens is 3. The van der Waals surface area contributed by atoms with E-state index in [-0.39, 0.29) is 24.1 Å². The Labute approximate surface area is 210 Å². The molecular weight excluding hydrogens is 527 g/mol. The lowest BCUT2D eigenvalue weighted by Crippen LogP contribution is -2.38. The largest absolute Gasteiger partial charge is 0.419 e. The maximum atomic E-state index is 13.6. The molecule has 0 radical (unpaired) electrons. The third-order valence-electron chi connectivity index (χ3n) is 5.38. The van der Waals surface area contributed by atoms with Gasteiger partial charge in [-0.2, -0.15) is 4.58 Å². The number of anilines is 1. The predicted octanol–water partition coefficient (Wildman–Crippen LogP) is 5.49. The first-order chi connectivity index (χ1) is 15.7. The summed E-state index contributed by atoms with van der Waals surface area (Å²) in [7, 11) is 0. The number of hydrogen-bond acceptors (Lipinski definition) is 4. The number of nitrogens with one attached hydrogen (secondary N) is 1. The second kappa shape index (κ2) is 9.41. The number of carbonyl (C=O) groups excluding carboxylic acids is 1. The quantitative estimate of drug-likeness (QED) is 0.438. The fourth-order valence-electron chi connectivity index (χ4n) is 3.76. The van der Waals surface area contributed by atoms with Crippen molar-refractivity contribution in [3.8, 4) is 5.69 Å². The summed E-state index contributed by atoms with van der Waals surface area (Å²) in [5.41, 5.74) is 2.93. The number of aromatic nitrogens is 2. The van der Waals surface area contributed by atoms with Crippen LogP contribution >= 0.6 is 39.1 Å². The van der Waals surface area contributed by atoms with Crippen LogP contribution in [0.3, 0.4) is 0 Å². The standard InChI is InChI=1S/C24H21BrCl2N4O2/c1-13(2)28-24-29-21-12-30(22(32)15-4-9-19(26)20(27)11-15)14(3)10-18(21)23(33)31(24)17-7-5-16(25)6-8-17/h4-9,11,13H,10,12H2,1-3H3/p+1. The lowest BCUT2D eigenvalue weighted by molar-refractivity contribution is -0.450. The average Bonchev–Trinajstić information content (AvgIpc) is 2.76. The van der Waals surface area contributed by atoms with Gasteiger partial charge in [0.25, 0.3) is 5.56 Å². The van der Waals surface area contributed by atoms with E-state index in [1.54, 1.807) is 27.3 Å². The fourth-order valence-corrected chi connectivity index (χ4v) is 4.32. The smallest absolute Gasteiger partial charge is 0.353 e. The molecule has 0 bridgehead atoms. The molecule has 0 aliphatic carbocycles. The minimum absolute atomic E-state index is 0.0579.